The molecule has 8 nitrogen and oxygen atoms in total. The number of benzene rings is 2. The molecule has 0 aliphatic carbocycles. The van der Waals surface area contributed by atoms with E-state index in [0.717, 1.165) is 12.1 Å². The largest absolute Gasteiger partial charge is 0.416 e. The van der Waals surface area contributed by atoms with Gasteiger partial charge in [-0.3, -0.25) is 19.7 Å². The van der Waals surface area contributed by atoms with Crippen LogP contribution in [0.1, 0.15) is 28.8 Å². The summed E-state index contributed by atoms with van der Waals surface area (Å²) in [5, 5.41) is 10.8. The number of carbonyl (C=O) groups is 2. The first-order chi connectivity index (χ1) is 16.1. The monoisotopic (exact) mass is 476 g/mol. The molecule has 2 amide bonds. The molecule has 11 heteroatoms. The molecule has 0 aromatic heterocycles. The molecule has 0 saturated carbocycles. The second-order valence-electron chi connectivity index (χ2n) is 8.32. The van der Waals surface area contributed by atoms with Gasteiger partial charge in [0.1, 0.15) is 6.04 Å². The lowest BCUT2D eigenvalue weighted by atomic mass is 10.1. The highest BCUT2D eigenvalue weighted by Gasteiger charge is 2.38. The van der Waals surface area contributed by atoms with Crippen LogP contribution in [0.15, 0.2) is 48.5 Å². The number of piperazine rings is 1. The van der Waals surface area contributed by atoms with Crippen molar-refractivity contribution in [2.45, 2.75) is 25.1 Å². The Morgan fingerprint density at radius 3 is 2.26 bits per heavy atom. The number of non-ortho nitro benzene ring substituents is 1. The zero-order valence-electron chi connectivity index (χ0n) is 18.2. The minimum Gasteiger partial charge on any atom is -0.368 e. The molecule has 2 fully saturated rings. The van der Waals surface area contributed by atoms with E-state index in [0.29, 0.717) is 51.3 Å². The predicted molar refractivity (Wildman–Crippen MR) is 117 cm³/mol. The summed E-state index contributed by atoms with van der Waals surface area (Å²) in [5.74, 6) is -0.537. The fourth-order valence-corrected chi connectivity index (χ4v) is 4.43. The summed E-state index contributed by atoms with van der Waals surface area (Å²) in [6.07, 6.45) is -3.24. The molecular formula is C23H23F3N4O4. The number of amides is 2. The maximum atomic E-state index is 13.2. The van der Waals surface area contributed by atoms with Crippen LogP contribution in [0.5, 0.6) is 0 Å². The van der Waals surface area contributed by atoms with Gasteiger partial charge in [-0.25, -0.2) is 0 Å². The molecule has 2 heterocycles. The van der Waals surface area contributed by atoms with Gasteiger partial charge in [-0.2, -0.15) is 13.2 Å². The molecule has 0 spiro atoms. The van der Waals surface area contributed by atoms with Gasteiger partial charge in [0.15, 0.2) is 0 Å². The van der Waals surface area contributed by atoms with Crippen LogP contribution in [0, 0.1) is 10.1 Å². The zero-order valence-corrected chi connectivity index (χ0v) is 18.2. The Hall–Kier alpha value is -3.63. The van der Waals surface area contributed by atoms with Crippen LogP contribution in [0.3, 0.4) is 0 Å². The molecule has 2 aliphatic rings. The Morgan fingerprint density at radius 1 is 0.971 bits per heavy atom. The van der Waals surface area contributed by atoms with Crippen LogP contribution in [0.2, 0.25) is 0 Å². The average molecular weight is 476 g/mol. The first kappa shape index (κ1) is 23.5. The average Bonchev–Trinajstić information content (AvgIpc) is 3.33. The van der Waals surface area contributed by atoms with Gasteiger partial charge in [-0.05, 0) is 43.2 Å². The third-order valence-electron chi connectivity index (χ3n) is 6.25. The first-order valence-electron chi connectivity index (χ1n) is 10.9. The normalized spacial score (nSPS) is 18.8. The number of rotatable bonds is 4. The number of hydrogen-bond donors (Lipinski definition) is 0. The van der Waals surface area contributed by atoms with Crippen molar-refractivity contribution < 1.29 is 27.7 Å². The van der Waals surface area contributed by atoms with E-state index < -0.39 is 22.7 Å². The number of anilines is 1. The number of carbonyl (C=O) groups excluding carboxylic acids is 2. The van der Waals surface area contributed by atoms with Gasteiger partial charge in [0.25, 0.3) is 11.6 Å². The number of nitro groups is 1. The Labute approximate surface area is 193 Å². The molecule has 34 heavy (non-hydrogen) atoms. The van der Waals surface area contributed by atoms with Crippen molar-refractivity contribution in [2.75, 3.05) is 37.6 Å². The van der Waals surface area contributed by atoms with Crippen LogP contribution in [0.25, 0.3) is 0 Å². The Morgan fingerprint density at radius 2 is 1.65 bits per heavy atom. The second-order valence-corrected chi connectivity index (χ2v) is 8.32. The molecule has 2 aromatic carbocycles. The standard InChI is InChI=1S/C23H23F3N4O4/c24-23(25,26)17-3-1-4-19(15-17)27-11-13-28(14-12-27)22(32)20-5-2-10-29(20)21(31)16-6-8-18(9-7-16)30(33)34/h1,3-4,6-9,15,20H,2,5,10-14H2. The minimum atomic E-state index is -4.42. The number of hydrogen-bond acceptors (Lipinski definition) is 5. The summed E-state index contributed by atoms with van der Waals surface area (Å²) in [4.78, 5) is 41.4. The summed E-state index contributed by atoms with van der Waals surface area (Å²) in [7, 11) is 0. The first-order valence-corrected chi connectivity index (χ1v) is 10.9. The van der Waals surface area contributed by atoms with Crippen molar-refractivity contribution in [1.29, 1.82) is 0 Å². The number of likely N-dealkylation sites (tertiary alicyclic amines) is 1. The fraction of sp³-hybridized carbons (Fsp3) is 0.391. The molecule has 2 saturated heterocycles. The summed E-state index contributed by atoms with van der Waals surface area (Å²) >= 11 is 0. The van der Waals surface area contributed by atoms with E-state index in [1.165, 1.54) is 35.2 Å². The van der Waals surface area contributed by atoms with Gasteiger partial charge < -0.3 is 14.7 Å². The maximum absolute atomic E-state index is 13.2. The van der Waals surface area contributed by atoms with Crippen LogP contribution < -0.4 is 4.90 Å². The number of halogens is 3. The molecule has 1 unspecified atom stereocenters. The molecule has 2 aromatic rings. The lowest BCUT2D eigenvalue weighted by Crippen LogP contribution is -2.54. The zero-order chi connectivity index (χ0) is 24.5. The minimum absolute atomic E-state index is 0.121. The van der Waals surface area contributed by atoms with E-state index in [1.54, 1.807) is 11.0 Å². The van der Waals surface area contributed by atoms with Crippen molar-refractivity contribution >= 4 is 23.2 Å². The van der Waals surface area contributed by atoms with E-state index in [-0.39, 0.29) is 23.1 Å². The number of nitro benzene ring substituents is 1. The van der Waals surface area contributed by atoms with Gasteiger partial charge in [0.2, 0.25) is 5.91 Å². The Kier molecular flexibility index (Phi) is 6.45. The Balaban J connectivity index is 1.39. The van der Waals surface area contributed by atoms with Crippen molar-refractivity contribution in [1.82, 2.24) is 9.80 Å². The molecule has 4 rings (SSSR count). The Bertz CT molecular complexity index is 1080. The van der Waals surface area contributed by atoms with Crippen LogP contribution in [0.4, 0.5) is 24.5 Å². The van der Waals surface area contributed by atoms with Crippen LogP contribution >= 0.6 is 0 Å². The molecule has 1 atom stereocenters. The highest BCUT2D eigenvalue weighted by molar-refractivity contribution is 5.98. The topological polar surface area (TPSA) is 87.0 Å². The molecule has 0 radical (unpaired) electrons. The molecular weight excluding hydrogens is 453 g/mol. The third-order valence-corrected chi connectivity index (χ3v) is 6.25. The van der Waals surface area contributed by atoms with Gasteiger partial charge in [0.05, 0.1) is 10.5 Å². The van der Waals surface area contributed by atoms with Crippen LogP contribution in [-0.4, -0.2) is 65.3 Å². The predicted octanol–water partition coefficient (Wildman–Crippen LogP) is 3.57. The SMILES string of the molecule is O=C(C1CCCN1C(=O)c1ccc([N+](=O)[O-])cc1)N1CCN(c2cccc(C(F)(F)F)c2)CC1. The molecule has 0 bridgehead atoms. The van der Waals surface area contributed by atoms with E-state index in [4.69, 9.17) is 0 Å². The van der Waals surface area contributed by atoms with E-state index in [2.05, 4.69) is 0 Å². The van der Waals surface area contributed by atoms with E-state index in [1.807, 2.05) is 4.90 Å². The lowest BCUT2D eigenvalue weighted by molar-refractivity contribution is -0.384. The van der Waals surface area contributed by atoms with Crippen molar-refractivity contribution in [3.63, 3.8) is 0 Å². The summed E-state index contributed by atoms with van der Waals surface area (Å²) in [6, 6.07) is 9.79. The highest BCUT2D eigenvalue weighted by Crippen LogP contribution is 2.32. The summed E-state index contributed by atoms with van der Waals surface area (Å²) in [6.45, 7) is 1.86. The third kappa shape index (κ3) is 4.82. The number of alkyl halides is 3. The van der Waals surface area contributed by atoms with E-state index in [9.17, 15) is 32.9 Å². The smallest absolute Gasteiger partial charge is 0.368 e. The van der Waals surface area contributed by atoms with Crippen molar-refractivity contribution in [3.8, 4) is 0 Å². The maximum Gasteiger partial charge on any atom is 0.416 e. The van der Waals surface area contributed by atoms with Crippen molar-refractivity contribution in [3.05, 3.63) is 69.8 Å². The summed E-state index contributed by atoms with van der Waals surface area (Å²) < 4.78 is 39.1. The number of nitrogens with zero attached hydrogens (tertiary/aromatic N) is 4. The molecule has 2 aliphatic heterocycles. The van der Waals surface area contributed by atoms with Gasteiger partial charge in [-0.1, -0.05) is 6.07 Å². The molecule has 0 N–H and O–H groups in total. The molecule has 180 valence electrons. The van der Waals surface area contributed by atoms with Gasteiger partial charge >= 0.3 is 6.18 Å². The quantitative estimate of drug-likeness (QED) is 0.498. The fourth-order valence-electron chi connectivity index (χ4n) is 4.43. The lowest BCUT2D eigenvalue weighted by Gasteiger charge is -2.38. The van der Waals surface area contributed by atoms with Gasteiger partial charge in [-0.15, -0.1) is 0 Å². The highest BCUT2D eigenvalue weighted by atomic mass is 19.4. The van der Waals surface area contributed by atoms with Crippen molar-refractivity contribution in [2.24, 2.45) is 0 Å². The van der Waals surface area contributed by atoms with Gasteiger partial charge in [0, 0.05) is 56.1 Å². The van der Waals surface area contributed by atoms with E-state index >= 15 is 0 Å². The second kappa shape index (κ2) is 9.32. The van der Waals surface area contributed by atoms with Crippen LogP contribution in [-0.2, 0) is 11.0 Å². The summed E-state index contributed by atoms with van der Waals surface area (Å²) in [5.41, 5.74) is -0.100.